The second-order valence-corrected chi connectivity index (χ2v) is 11.7. The lowest BCUT2D eigenvalue weighted by atomic mass is 9.87. The van der Waals surface area contributed by atoms with Crippen molar-refractivity contribution in [3.05, 3.63) is 41.6 Å². The van der Waals surface area contributed by atoms with Crippen LogP contribution < -0.4 is 16.2 Å². The summed E-state index contributed by atoms with van der Waals surface area (Å²) in [5, 5.41) is 3.95. The number of benzene rings is 1. The highest BCUT2D eigenvalue weighted by molar-refractivity contribution is 5.89. The third-order valence-electron chi connectivity index (χ3n) is 8.68. The van der Waals surface area contributed by atoms with E-state index in [1.54, 1.807) is 4.90 Å². The lowest BCUT2D eigenvalue weighted by Crippen LogP contribution is -2.47. The molecule has 0 radical (unpaired) electrons. The van der Waals surface area contributed by atoms with Crippen molar-refractivity contribution in [2.45, 2.75) is 101 Å². The van der Waals surface area contributed by atoms with Gasteiger partial charge < -0.3 is 30.4 Å². The van der Waals surface area contributed by atoms with Crippen LogP contribution in [0.5, 0.6) is 5.75 Å². The zero-order valence-corrected chi connectivity index (χ0v) is 23.8. The van der Waals surface area contributed by atoms with Gasteiger partial charge in [-0.3, -0.25) is 4.79 Å². The van der Waals surface area contributed by atoms with Gasteiger partial charge in [0.05, 0.1) is 18.3 Å². The van der Waals surface area contributed by atoms with Crippen LogP contribution >= 0.6 is 0 Å². The number of carbonyl (C=O) groups is 1. The van der Waals surface area contributed by atoms with Gasteiger partial charge in [0.2, 0.25) is 5.82 Å². The molecule has 2 heterocycles. The molecule has 3 fully saturated rings. The van der Waals surface area contributed by atoms with E-state index in [9.17, 15) is 18.0 Å². The number of aromatic nitrogens is 2. The zero-order valence-electron chi connectivity index (χ0n) is 23.8. The number of ether oxygens (including phenoxy) is 2. The lowest BCUT2D eigenvalue weighted by Gasteiger charge is -2.31. The predicted octanol–water partition coefficient (Wildman–Crippen LogP) is 5.99. The molecule has 42 heavy (non-hydrogen) atoms. The van der Waals surface area contributed by atoms with Crippen LogP contribution in [0.15, 0.2) is 34.7 Å². The summed E-state index contributed by atoms with van der Waals surface area (Å²) in [6.45, 7) is 0.709. The SMILES string of the molecule is NC(=O)/C(=C\N1CCC[C@@]1(N)c1nc(-c2ccc(OCCC3CCCCC3)c(C(F)(F)F)c2)no1)OC1CCCCC1. The fraction of sp³-hybridized carbons (Fsp3) is 0.633. The molecule has 1 atom stereocenters. The van der Waals surface area contributed by atoms with Crippen LogP contribution in [0.2, 0.25) is 0 Å². The average Bonchev–Trinajstić information content (AvgIpc) is 3.62. The van der Waals surface area contributed by atoms with E-state index in [0.717, 1.165) is 57.4 Å². The number of rotatable bonds is 10. The van der Waals surface area contributed by atoms with Crippen molar-refractivity contribution in [1.29, 1.82) is 0 Å². The average molecular weight is 592 g/mol. The molecule has 1 aromatic heterocycles. The maximum Gasteiger partial charge on any atom is 0.419 e. The van der Waals surface area contributed by atoms with Crippen molar-refractivity contribution in [2.75, 3.05) is 13.2 Å². The van der Waals surface area contributed by atoms with Gasteiger partial charge in [-0.25, -0.2) is 0 Å². The Morgan fingerprint density at radius 2 is 1.81 bits per heavy atom. The van der Waals surface area contributed by atoms with Crippen molar-refractivity contribution >= 4 is 5.91 Å². The van der Waals surface area contributed by atoms with E-state index < -0.39 is 23.3 Å². The molecule has 5 rings (SSSR count). The maximum atomic E-state index is 14.0. The van der Waals surface area contributed by atoms with Crippen molar-refractivity contribution < 1.29 is 32.0 Å². The molecular weight excluding hydrogens is 551 g/mol. The molecule has 3 aliphatic rings. The summed E-state index contributed by atoms with van der Waals surface area (Å²) in [6.07, 6.45) is 9.20. The Bertz CT molecular complexity index is 1250. The Kier molecular flexibility index (Phi) is 9.29. The van der Waals surface area contributed by atoms with Crippen LogP contribution in [0.4, 0.5) is 13.2 Å². The molecule has 2 aromatic rings. The minimum absolute atomic E-state index is 0.00672. The molecular formula is C30H40F3N5O4. The van der Waals surface area contributed by atoms with E-state index in [-0.39, 0.29) is 41.5 Å². The van der Waals surface area contributed by atoms with Crippen LogP contribution in [0.25, 0.3) is 11.4 Å². The molecule has 1 aromatic carbocycles. The Hall–Kier alpha value is -3.28. The first-order valence-corrected chi connectivity index (χ1v) is 15.1. The minimum atomic E-state index is -4.63. The van der Waals surface area contributed by atoms with E-state index in [1.807, 2.05) is 0 Å². The molecule has 1 aliphatic heterocycles. The van der Waals surface area contributed by atoms with Gasteiger partial charge in [0, 0.05) is 18.3 Å². The molecule has 230 valence electrons. The number of nitrogens with zero attached hydrogens (tertiary/aromatic N) is 3. The Morgan fingerprint density at radius 1 is 1.10 bits per heavy atom. The Morgan fingerprint density at radius 3 is 2.50 bits per heavy atom. The third-order valence-corrected chi connectivity index (χ3v) is 8.68. The smallest absolute Gasteiger partial charge is 0.419 e. The van der Waals surface area contributed by atoms with Gasteiger partial charge in [-0.15, -0.1) is 0 Å². The topological polar surface area (TPSA) is 130 Å². The van der Waals surface area contributed by atoms with Gasteiger partial charge in [0.25, 0.3) is 11.8 Å². The van der Waals surface area contributed by atoms with Crippen LogP contribution in [-0.2, 0) is 21.4 Å². The fourth-order valence-electron chi connectivity index (χ4n) is 6.27. The summed E-state index contributed by atoms with van der Waals surface area (Å²) in [5.41, 5.74) is 10.3. The minimum Gasteiger partial charge on any atom is -0.493 e. The molecule has 0 unspecified atom stereocenters. The maximum absolute atomic E-state index is 14.0. The van der Waals surface area contributed by atoms with Gasteiger partial charge in [-0.2, -0.15) is 18.2 Å². The second kappa shape index (κ2) is 12.9. The number of primary amides is 1. The Balaban J connectivity index is 1.33. The molecule has 0 spiro atoms. The zero-order chi connectivity index (χ0) is 29.7. The number of carbonyl (C=O) groups excluding carboxylic acids is 1. The number of nitrogens with two attached hydrogens (primary N) is 2. The molecule has 1 amide bonds. The highest BCUT2D eigenvalue weighted by Crippen LogP contribution is 2.40. The van der Waals surface area contributed by atoms with E-state index in [0.29, 0.717) is 25.3 Å². The summed E-state index contributed by atoms with van der Waals surface area (Å²) in [4.78, 5) is 18.3. The van der Waals surface area contributed by atoms with E-state index in [4.69, 9.17) is 25.5 Å². The van der Waals surface area contributed by atoms with Crippen LogP contribution in [0.1, 0.15) is 94.9 Å². The van der Waals surface area contributed by atoms with Crippen LogP contribution in [0.3, 0.4) is 0 Å². The first-order valence-electron chi connectivity index (χ1n) is 15.1. The summed E-state index contributed by atoms with van der Waals surface area (Å²) < 4.78 is 59.1. The number of likely N-dealkylation sites (tertiary alicyclic amines) is 1. The number of halogens is 3. The fourth-order valence-corrected chi connectivity index (χ4v) is 6.27. The second-order valence-electron chi connectivity index (χ2n) is 11.7. The number of alkyl halides is 3. The standard InChI is InChI=1S/C30H40F3N5O4/c31-30(32,33)23-18-21(12-13-24(23)40-17-14-20-8-3-1-4-9-20)27-36-28(42-37-27)29(35)15-7-16-38(29)19-25(26(34)39)41-22-10-5-2-6-11-22/h12-13,18-20,22H,1-11,14-17,35H2,(H2,34,39)/b25-19+/t29-/m0/s1. The summed E-state index contributed by atoms with van der Waals surface area (Å²) >= 11 is 0. The number of hydrogen-bond donors (Lipinski definition) is 2. The highest BCUT2D eigenvalue weighted by atomic mass is 19.4. The summed E-state index contributed by atoms with van der Waals surface area (Å²) in [7, 11) is 0. The molecule has 4 N–H and O–H groups in total. The molecule has 9 nitrogen and oxygen atoms in total. The van der Waals surface area contributed by atoms with Crippen molar-refractivity contribution in [3.63, 3.8) is 0 Å². The van der Waals surface area contributed by atoms with E-state index in [1.165, 1.54) is 37.6 Å². The summed E-state index contributed by atoms with van der Waals surface area (Å²) in [5.74, 6) is -0.427. The molecule has 0 bridgehead atoms. The van der Waals surface area contributed by atoms with Crippen LogP contribution in [-0.4, -0.2) is 40.2 Å². The van der Waals surface area contributed by atoms with Crippen molar-refractivity contribution in [3.8, 4) is 17.1 Å². The van der Waals surface area contributed by atoms with Gasteiger partial charge in [0.15, 0.2) is 11.4 Å². The van der Waals surface area contributed by atoms with Gasteiger partial charge in [0.1, 0.15) is 5.75 Å². The lowest BCUT2D eigenvalue weighted by molar-refractivity contribution is -0.139. The normalized spacial score (nSPS) is 22.9. The number of amides is 1. The first-order chi connectivity index (χ1) is 20.1. The highest BCUT2D eigenvalue weighted by Gasteiger charge is 2.44. The largest absolute Gasteiger partial charge is 0.493 e. The third kappa shape index (κ3) is 7.02. The van der Waals surface area contributed by atoms with Crippen LogP contribution in [0, 0.1) is 5.92 Å². The Labute approximate surface area is 243 Å². The van der Waals surface area contributed by atoms with E-state index in [2.05, 4.69) is 10.1 Å². The van der Waals surface area contributed by atoms with E-state index >= 15 is 0 Å². The van der Waals surface area contributed by atoms with Crippen molar-refractivity contribution in [2.24, 2.45) is 17.4 Å². The molecule has 1 saturated heterocycles. The molecule has 2 saturated carbocycles. The van der Waals surface area contributed by atoms with Gasteiger partial charge >= 0.3 is 6.18 Å². The monoisotopic (exact) mass is 591 g/mol. The number of hydrogen-bond acceptors (Lipinski definition) is 8. The molecule has 12 heteroatoms. The molecule has 2 aliphatic carbocycles. The van der Waals surface area contributed by atoms with Crippen molar-refractivity contribution in [1.82, 2.24) is 15.0 Å². The summed E-state index contributed by atoms with van der Waals surface area (Å²) in [6, 6.07) is 3.77. The predicted molar refractivity (Wildman–Crippen MR) is 148 cm³/mol. The van der Waals surface area contributed by atoms with Gasteiger partial charge in [-0.1, -0.05) is 43.7 Å². The van der Waals surface area contributed by atoms with Gasteiger partial charge in [-0.05, 0) is 69.1 Å². The first kappa shape index (κ1) is 30.2. The quantitative estimate of drug-likeness (QED) is 0.255.